The zero-order chi connectivity index (χ0) is 22.1. The second kappa shape index (κ2) is 8.31. The molecule has 156 valence electrons. The Hall–Kier alpha value is -3.13. The van der Waals surface area contributed by atoms with E-state index in [0.717, 1.165) is 39.6 Å². The van der Waals surface area contributed by atoms with E-state index in [1.807, 2.05) is 32.0 Å². The summed E-state index contributed by atoms with van der Waals surface area (Å²) in [5.74, 6) is -0.733. The second-order valence-electron chi connectivity index (χ2n) is 6.75. The first-order valence-corrected chi connectivity index (χ1v) is 9.25. The summed E-state index contributed by atoms with van der Waals surface area (Å²) in [5, 5.41) is 6.45. The number of anilines is 1. The number of rotatable bonds is 4. The van der Waals surface area contributed by atoms with Crippen molar-refractivity contribution in [1.82, 2.24) is 9.78 Å². The smallest absolute Gasteiger partial charge is 0.323 e. The van der Waals surface area contributed by atoms with Crippen LogP contribution in [0.25, 0.3) is 11.3 Å². The van der Waals surface area contributed by atoms with Crippen LogP contribution in [0.4, 0.5) is 18.9 Å². The van der Waals surface area contributed by atoms with Gasteiger partial charge in [0.15, 0.2) is 0 Å². The van der Waals surface area contributed by atoms with Crippen molar-refractivity contribution < 1.29 is 18.0 Å². The van der Waals surface area contributed by atoms with Gasteiger partial charge in [-0.15, -0.1) is 0 Å². The number of hydrogen-bond donors (Lipinski definition) is 1. The molecule has 1 heterocycles. The minimum Gasteiger partial charge on any atom is -0.323 e. The fraction of sp³-hybridized carbons (Fsp3) is 0.190. The van der Waals surface area contributed by atoms with Crippen molar-refractivity contribution in [1.29, 1.82) is 0 Å². The van der Waals surface area contributed by atoms with Gasteiger partial charge in [-0.1, -0.05) is 23.7 Å². The van der Waals surface area contributed by atoms with E-state index in [9.17, 15) is 22.8 Å². The van der Waals surface area contributed by atoms with Crippen molar-refractivity contribution in [3.63, 3.8) is 0 Å². The molecule has 0 unspecified atom stereocenters. The molecule has 0 atom stereocenters. The third kappa shape index (κ3) is 4.88. The maximum atomic E-state index is 12.9. The summed E-state index contributed by atoms with van der Waals surface area (Å²) in [5.41, 5.74) is 1.74. The van der Waals surface area contributed by atoms with Gasteiger partial charge in [0.05, 0.1) is 22.0 Å². The zero-order valence-corrected chi connectivity index (χ0v) is 16.8. The molecular weight excluding hydrogens is 419 g/mol. The molecule has 3 rings (SSSR count). The van der Waals surface area contributed by atoms with Crippen molar-refractivity contribution in [3.05, 3.63) is 80.6 Å². The molecule has 9 heteroatoms. The number of halogens is 4. The van der Waals surface area contributed by atoms with Crippen LogP contribution in [0, 0.1) is 13.8 Å². The molecule has 0 aliphatic rings. The van der Waals surface area contributed by atoms with E-state index in [1.54, 1.807) is 6.07 Å². The standard InChI is InChI=1S/C21H17ClF3N3O2/c1-12-3-4-14(9-13(12)2)17-7-8-20(30)28(27-17)11-19(29)26-18-10-15(21(23,24)25)5-6-16(18)22/h3-10H,11H2,1-2H3,(H,26,29). The molecule has 0 spiro atoms. The molecule has 1 aromatic heterocycles. The lowest BCUT2D eigenvalue weighted by molar-refractivity contribution is -0.137. The zero-order valence-electron chi connectivity index (χ0n) is 16.0. The monoisotopic (exact) mass is 435 g/mol. The van der Waals surface area contributed by atoms with Crippen molar-refractivity contribution in [2.45, 2.75) is 26.6 Å². The molecule has 1 N–H and O–H groups in total. The Morgan fingerprint density at radius 1 is 1.07 bits per heavy atom. The first-order chi connectivity index (χ1) is 14.0. The van der Waals surface area contributed by atoms with E-state index in [2.05, 4.69) is 10.4 Å². The van der Waals surface area contributed by atoms with Crippen LogP contribution >= 0.6 is 11.6 Å². The third-order valence-corrected chi connectivity index (χ3v) is 4.86. The van der Waals surface area contributed by atoms with Gasteiger partial charge in [0.1, 0.15) is 6.54 Å². The number of aromatic nitrogens is 2. The highest BCUT2D eigenvalue weighted by Crippen LogP contribution is 2.33. The van der Waals surface area contributed by atoms with Gasteiger partial charge in [0, 0.05) is 11.6 Å². The van der Waals surface area contributed by atoms with Crippen LogP contribution in [0.3, 0.4) is 0 Å². The Labute approximate surface area is 175 Å². The fourth-order valence-electron chi connectivity index (χ4n) is 2.74. The van der Waals surface area contributed by atoms with Crippen LogP contribution in [-0.4, -0.2) is 15.7 Å². The first kappa shape index (κ1) is 21.6. The van der Waals surface area contributed by atoms with Gasteiger partial charge in [-0.3, -0.25) is 9.59 Å². The Kier molecular flexibility index (Phi) is 5.98. The lowest BCUT2D eigenvalue weighted by Crippen LogP contribution is -2.29. The summed E-state index contributed by atoms with van der Waals surface area (Å²) >= 11 is 5.89. The van der Waals surface area contributed by atoms with Gasteiger partial charge >= 0.3 is 6.18 Å². The number of aryl methyl sites for hydroxylation is 2. The third-order valence-electron chi connectivity index (χ3n) is 4.53. The highest BCUT2D eigenvalue weighted by Gasteiger charge is 2.31. The van der Waals surface area contributed by atoms with E-state index in [4.69, 9.17) is 11.6 Å². The fourth-order valence-corrected chi connectivity index (χ4v) is 2.90. The summed E-state index contributed by atoms with van der Waals surface area (Å²) < 4.78 is 39.6. The maximum Gasteiger partial charge on any atom is 0.416 e. The van der Waals surface area contributed by atoms with Crippen molar-refractivity contribution >= 4 is 23.2 Å². The Morgan fingerprint density at radius 2 is 1.80 bits per heavy atom. The molecule has 5 nitrogen and oxygen atoms in total. The maximum absolute atomic E-state index is 12.9. The highest BCUT2D eigenvalue weighted by molar-refractivity contribution is 6.33. The van der Waals surface area contributed by atoms with Gasteiger partial charge in [0.25, 0.3) is 5.56 Å². The molecule has 0 aliphatic heterocycles. The van der Waals surface area contributed by atoms with E-state index in [1.165, 1.54) is 6.07 Å². The average molecular weight is 436 g/mol. The van der Waals surface area contributed by atoms with Gasteiger partial charge in [-0.05, 0) is 55.3 Å². The highest BCUT2D eigenvalue weighted by atomic mass is 35.5. The van der Waals surface area contributed by atoms with Gasteiger partial charge in [-0.25, -0.2) is 4.68 Å². The SMILES string of the molecule is Cc1ccc(-c2ccc(=O)n(CC(=O)Nc3cc(C(F)(F)F)ccc3Cl)n2)cc1C. The minimum absolute atomic E-state index is 0.0551. The van der Waals surface area contributed by atoms with Crippen molar-refractivity contribution in [2.24, 2.45) is 0 Å². The number of benzene rings is 2. The molecule has 0 aliphatic carbocycles. The van der Waals surface area contributed by atoms with Crippen LogP contribution in [0.15, 0.2) is 53.3 Å². The summed E-state index contributed by atoms with van der Waals surface area (Å²) in [6.07, 6.45) is -4.58. The Morgan fingerprint density at radius 3 is 2.47 bits per heavy atom. The largest absolute Gasteiger partial charge is 0.416 e. The number of carbonyl (C=O) groups excluding carboxylic acids is 1. The molecule has 2 aromatic carbocycles. The normalized spacial score (nSPS) is 11.4. The molecular formula is C21H17ClF3N3O2. The van der Waals surface area contributed by atoms with E-state index < -0.39 is 29.8 Å². The molecule has 0 radical (unpaired) electrons. The minimum atomic E-state index is -4.58. The number of hydrogen-bond acceptors (Lipinski definition) is 3. The molecule has 0 saturated carbocycles. The lowest BCUT2D eigenvalue weighted by Gasteiger charge is -2.12. The van der Waals surface area contributed by atoms with Crippen molar-refractivity contribution in [3.8, 4) is 11.3 Å². The number of nitrogens with zero attached hydrogens (tertiary/aromatic N) is 2. The van der Waals surface area contributed by atoms with E-state index in [-0.39, 0.29) is 10.7 Å². The Bertz CT molecular complexity index is 1170. The molecule has 3 aromatic rings. The van der Waals surface area contributed by atoms with Gasteiger partial charge in [0.2, 0.25) is 5.91 Å². The number of carbonyl (C=O) groups is 1. The number of nitrogens with one attached hydrogen (secondary N) is 1. The van der Waals surface area contributed by atoms with Crippen LogP contribution in [0.2, 0.25) is 5.02 Å². The van der Waals surface area contributed by atoms with Crippen LogP contribution in [0.1, 0.15) is 16.7 Å². The number of alkyl halides is 3. The lowest BCUT2D eigenvalue weighted by atomic mass is 10.0. The topological polar surface area (TPSA) is 64.0 Å². The van der Waals surface area contributed by atoms with Crippen LogP contribution < -0.4 is 10.9 Å². The second-order valence-corrected chi connectivity index (χ2v) is 7.16. The predicted octanol–water partition coefficient (Wildman–Crippen LogP) is 4.84. The van der Waals surface area contributed by atoms with Crippen LogP contribution in [0.5, 0.6) is 0 Å². The summed E-state index contributed by atoms with van der Waals surface area (Å²) in [7, 11) is 0. The van der Waals surface area contributed by atoms with E-state index >= 15 is 0 Å². The van der Waals surface area contributed by atoms with Gasteiger partial charge in [-0.2, -0.15) is 18.3 Å². The number of amides is 1. The molecule has 0 bridgehead atoms. The van der Waals surface area contributed by atoms with Gasteiger partial charge < -0.3 is 5.32 Å². The first-order valence-electron chi connectivity index (χ1n) is 8.87. The average Bonchev–Trinajstić information content (AvgIpc) is 2.66. The van der Waals surface area contributed by atoms with Crippen molar-refractivity contribution in [2.75, 3.05) is 5.32 Å². The molecule has 0 saturated heterocycles. The molecule has 30 heavy (non-hydrogen) atoms. The summed E-state index contributed by atoms with van der Waals surface area (Å²) in [6.45, 7) is 3.43. The quantitative estimate of drug-likeness (QED) is 0.638. The Balaban J connectivity index is 1.84. The molecule has 1 amide bonds. The van der Waals surface area contributed by atoms with E-state index in [0.29, 0.717) is 5.69 Å². The summed E-state index contributed by atoms with van der Waals surface area (Å²) in [4.78, 5) is 24.5. The molecule has 0 fully saturated rings. The predicted molar refractivity (Wildman–Crippen MR) is 108 cm³/mol. The summed E-state index contributed by atoms with van der Waals surface area (Å²) in [6, 6.07) is 11.1. The van der Waals surface area contributed by atoms with Crippen LogP contribution in [-0.2, 0) is 17.5 Å².